The monoisotopic (exact) mass is 355 g/mol. The molecular formula is C15H22BrN3S. The number of likely N-dealkylation sites (tertiary alicyclic amines) is 1. The number of nitrogens with one attached hydrogen (secondary N) is 1. The molecule has 1 aliphatic rings. The Morgan fingerprint density at radius 3 is 2.75 bits per heavy atom. The van der Waals surface area contributed by atoms with Gasteiger partial charge in [0.2, 0.25) is 0 Å². The molecular weight excluding hydrogens is 334 g/mol. The van der Waals surface area contributed by atoms with Crippen molar-refractivity contribution in [1.29, 1.82) is 0 Å². The molecule has 1 fully saturated rings. The highest BCUT2D eigenvalue weighted by Gasteiger charge is 2.14. The molecule has 0 bridgehead atoms. The molecule has 1 aliphatic heterocycles. The molecule has 1 atom stereocenters. The minimum atomic E-state index is 0.430. The van der Waals surface area contributed by atoms with Gasteiger partial charge in [-0.3, -0.25) is 0 Å². The summed E-state index contributed by atoms with van der Waals surface area (Å²) < 4.78 is 1.01. The number of nitrogens with zero attached hydrogens (tertiary/aromatic N) is 1. The van der Waals surface area contributed by atoms with E-state index in [1.807, 2.05) is 18.2 Å². The molecule has 5 heteroatoms. The molecule has 0 amide bonds. The van der Waals surface area contributed by atoms with Crippen LogP contribution in [0.5, 0.6) is 0 Å². The summed E-state index contributed by atoms with van der Waals surface area (Å²) in [6.45, 7) is 6.97. The number of rotatable bonds is 6. The van der Waals surface area contributed by atoms with Gasteiger partial charge in [0.05, 0.1) is 0 Å². The summed E-state index contributed by atoms with van der Waals surface area (Å²) in [6, 6.07) is 5.96. The van der Waals surface area contributed by atoms with Crippen LogP contribution in [0.15, 0.2) is 22.7 Å². The lowest BCUT2D eigenvalue weighted by Crippen LogP contribution is -2.28. The zero-order valence-electron chi connectivity index (χ0n) is 11.9. The summed E-state index contributed by atoms with van der Waals surface area (Å²) in [5.74, 6) is 0.635. The van der Waals surface area contributed by atoms with E-state index >= 15 is 0 Å². The van der Waals surface area contributed by atoms with Gasteiger partial charge >= 0.3 is 0 Å². The van der Waals surface area contributed by atoms with Gasteiger partial charge in [-0.1, -0.05) is 19.1 Å². The average Bonchev–Trinajstić information content (AvgIpc) is 2.90. The van der Waals surface area contributed by atoms with E-state index in [-0.39, 0.29) is 0 Å². The molecule has 3 nitrogen and oxygen atoms in total. The zero-order valence-corrected chi connectivity index (χ0v) is 14.3. The molecule has 0 radical (unpaired) electrons. The van der Waals surface area contributed by atoms with E-state index in [4.69, 9.17) is 18.0 Å². The van der Waals surface area contributed by atoms with Crippen LogP contribution in [0.4, 0.5) is 5.69 Å². The Kier molecular flexibility index (Phi) is 5.81. The van der Waals surface area contributed by atoms with Gasteiger partial charge in [0.1, 0.15) is 4.99 Å². The molecule has 0 aliphatic carbocycles. The lowest BCUT2D eigenvalue weighted by molar-refractivity contribution is 0.294. The van der Waals surface area contributed by atoms with Gasteiger partial charge in [0, 0.05) is 28.8 Å². The van der Waals surface area contributed by atoms with Crippen molar-refractivity contribution in [2.24, 2.45) is 11.7 Å². The maximum absolute atomic E-state index is 5.63. The summed E-state index contributed by atoms with van der Waals surface area (Å²) in [5.41, 5.74) is 7.62. The second-order valence-electron chi connectivity index (χ2n) is 5.55. The van der Waals surface area contributed by atoms with E-state index < -0.39 is 0 Å². The van der Waals surface area contributed by atoms with Crippen molar-refractivity contribution in [2.45, 2.75) is 19.8 Å². The second-order valence-corrected chi connectivity index (χ2v) is 6.85. The Morgan fingerprint density at radius 2 is 2.15 bits per heavy atom. The van der Waals surface area contributed by atoms with Gasteiger partial charge in [-0.2, -0.15) is 0 Å². The predicted octanol–water partition coefficient (Wildman–Crippen LogP) is 3.23. The Labute approximate surface area is 135 Å². The van der Waals surface area contributed by atoms with E-state index in [2.05, 4.69) is 33.1 Å². The highest BCUT2D eigenvalue weighted by molar-refractivity contribution is 9.10. The number of anilines is 1. The molecule has 2 rings (SSSR count). The van der Waals surface area contributed by atoms with Crippen LogP contribution in [-0.4, -0.2) is 36.1 Å². The minimum Gasteiger partial charge on any atom is -0.389 e. The number of benzene rings is 1. The Morgan fingerprint density at radius 1 is 1.45 bits per heavy atom. The number of hydrogen-bond donors (Lipinski definition) is 2. The lowest BCUT2D eigenvalue weighted by atomic mass is 10.1. The molecule has 110 valence electrons. The average molecular weight is 356 g/mol. The maximum atomic E-state index is 5.63. The maximum Gasteiger partial charge on any atom is 0.104 e. The largest absolute Gasteiger partial charge is 0.389 e. The van der Waals surface area contributed by atoms with Crippen LogP contribution in [0.25, 0.3) is 0 Å². The first kappa shape index (κ1) is 15.7. The summed E-state index contributed by atoms with van der Waals surface area (Å²) in [4.78, 5) is 2.98. The zero-order chi connectivity index (χ0) is 14.5. The van der Waals surface area contributed by atoms with Crippen molar-refractivity contribution < 1.29 is 0 Å². The minimum absolute atomic E-state index is 0.430. The first-order valence-electron chi connectivity index (χ1n) is 7.12. The molecule has 0 saturated carbocycles. The standard InChI is InChI=1S/C15H22BrN3S/c1-11(10-19-6-2-3-7-19)9-18-14-5-4-12(15(17)20)8-13(14)16/h4-5,8,11,18H,2-3,6-7,9-10H2,1H3,(H2,17,20). The summed E-state index contributed by atoms with van der Waals surface area (Å²) >= 11 is 8.55. The third-order valence-corrected chi connectivity index (χ3v) is 4.55. The Bertz CT molecular complexity index is 472. The molecule has 1 aromatic carbocycles. The van der Waals surface area contributed by atoms with Crippen LogP contribution >= 0.6 is 28.1 Å². The van der Waals surface area contributed by atoms with Crippen LogP contribution in [0.2, 0.25) is 0 Å². The molecule has 1 unspecified atom stereocenters. The van der Waals surface area contributed by atoms with Crippen molar-refractivity contribution in [2.75, 3.05) is 31.5 Å². The van der Waals surface area contributed by atoms with Gasteiger partial charge in [0.25, 0.3) is 0 Å². The van der Waals surface area contributed by atoms with Crippen molar-refractivity contribution in [3.8, 4) is 0 Å². The fourth-order valence-corrected chi connectivity index (χ4v) is 3.21. The molecule has 20 heavy (non-hydrogen) atoms. The Balaban J connectivity index is 1.85. The van der Waals surface area contributed by atoms with Gasteiger partial charge in [-0.05, 0) is 66.0 Å². The van der Waals surface area contributed by atoms with Crippen molar-refractivity contribution in [3.63, 3.8) is 0 Å². The second kappa shape index (κ2) is 7.38. The fraction of sp³-hybridized carbons (Fsp3) is 0.533. The molecule has 1 heterocycles. The molecule has 0 aromatic heterocycles. The van der Waals surface area contributed by atoms with E-state index in [0.29, 0.717) is 10.9 Å². The van der Waals surface area contributed by atoms with Gasteiger partial charge in [-0.15, -0.1) is 0 Å². The summed E-state index contributed by atoms with van der Waals surface area (Å²) in [7, 11) is 0. The number of halogens is 1. The summed E-state index contributed by atoms with van der Waals surface area (Å²) in [6.07, 6.45) is 2.71. The van der Waals surface area contributed by atoms with Crippen LogP contribution in [-0.2, 0) is 0 Å². The molecule has 1 aromatic rings. The highest BCUT2D eigenvalue weighted by atomic mass is 79.9. The predicted molar refractivity (Wildman–Crippen MR) is 93.4 cm³/mol. The first-order valence-corrected chi connectivity index (χ1v) is 8.32. The smallest absolute Gasteiger partial charge is 0.104 e. The van der Waals surface area contributed by atoms with E-state index in [9.17, 15) is 0 Å². The molecule has 3 N–H and O–H groups in total. The third-order valence-electron chi connectivity index (χ3n) is 3.66. The lowest BCUT2D eigenvalue weighted by Gasteiger charge is -2.21. The number of nitrogens with two attached hydrogens (primary N) is 1. The van der Waals surface area contributed by atoms with Gasteiger partial charge < -0.3 is 16.0 Å². The topological polar surface area (TPSA) is 41.3 Å². The number of thiocarbonyl (C=S) groups is 1. The first-order chi connectivity index (χ1) is 9.56. The highest BCUT2D eigenvalue weighted by Crippen LogP contribution is 2.24. The normalized spacial score (nSPS) is 17.1. The van der Waals surface area contributed by atoms with E-state index in [0.717, 1.165) is 22.3 Å². The number of hydrogen-bond acceptors (Lipinski definition) is 3. The van der Waals surface area contributed by atoms with Crippen LogP contribution in [0.1, 0.15) is 25.3 Å². The summed E-state index contributed by atoms with van der Waals surface area (Å²) in [5, 5.41) is 3.50. The van der Waals surface area contributed by atoms with Crippen LogP contribution in [0, 0.1) is 5.92 Å². The van der Waals surface area contributed by atoms with Crippen molar-refractivity contribution in [3.05, 3.63) is 28.2 Å². The van der Waals surface area contributed by atoms with E-state index in [1.165, 1.54) is 32.5 Å². The fourth-order valence-electron chi connectivity index (χ4n) is 2.57. The third kappa shape index (κ3) is 4.43. The quantitative estimate of drug-likeness (QED) is 0.768. The molecule has 0 spiro atoms. The van der Waals surface area contributed by atoms with Crippen LogP contribution < -0.4 is 11.1 Å². The van der Waals surface area contributed by atoms with Gasteiger partial charge in [-0.25, -0.2) is 0 Å². The van der Waals surface area contributed by atoms with Crippen molar-refractivity contribution >= 4 is 38.8 Å². The SMILES string of the molecule is CC(CNc1ccc(C(N)=S)cc1Br)CN1CCCC1. The van der Waals surface area contributed by atoms with Crippen molar-refractivity contribution in [1.82, 2.24) is 4.90 Å². The van der Waals surface area contributed by atoms with Gasteiger partial charge in [0.15, 0.2) is 0 Å². The molecule has 1 saturated heterocycles. The Hall–Kier alpha value is -0.650. The van der Waals surface area contributed by atoms with E-state index in [1.54, 1.807) is 0 Å². The van der Waals surface area contributed by atoms with Crippen LogP contribution in [0.3, 0.4) is 0 Å².